The Balaban J connectivity index is 1.28. The molecule has 9 nitrogen and oxygen atoms in total. The summed E-state index contributed by atoms with van der Waals surface area (Å²) in [6.45, 7) is 4.71. The highest BCUT2D eigenvalue weighted by atomic mass is 35.5. The number of ether oxygens (including phenoxy) is 1. The van der Waals surface area contributed by atoms with Crippen molar-refractivity contribution in [2.24, 2.45) is 0 Å². The molecule has 2 N–H and O–H groups in total. The van der Waals surface area contributed by atoms with E-state index in [0.717, 1.165) is 32.2 Å². The van der Waals surface area contributed by atoms with Crippen LogP contribution in [-0.4, -0.2) is 85.7 Å². The van der Waals surface area contributed by atoms with Gasteiger partial charge in [0, 0.05) is 48.6 Å². The van der Waals surface area contributed by atoms with Gasteiger partial charge in [-0.05, 0) is 51.3 Å². The van der Waals surface area contributed by atoms with Crippen molar-refractivity contribution in [3.05, 3.63) is 41.2 Å². The van der Waals surface area contributed by atoms with E-state index in [1.807, 2.05) is 0 Å². The van der Waals surface area contributed by atoms with Gasteiger partial charge < -0.3 is 20.1 Å². The summed E-state index contributed by atoms with van der Waals surface area (Å²) in [5, 5.41) is 18.5. The minimum absolute atomic E-state index is 0.0372. The first-order valence-corrected chi connectivity index (χ1v) is 15.1. The quantitative estimate of drug-likeness (QED) is 0.330. The summed E-state index contributed by atoms with van der Waals surface area (Å²) in [6, 6.07) is 2.68. The topological polar surface area (TPSA) is 91.0 Å². The molecule has 0 radical (unpaired) electrons. The number of hydrogen-bond acceptors (Lipinski definition) is 8. The molecular formula is C30H31ClF3N7O2. The molecule has 0 aliphatic carbocycles. The smallest absolute Gasteiger partial charge is 0.319 e. The van der Waals surface area contributed by atoms with E-state index in [-0.39, 0.29) is 57.0 Å². The summed E-state index contributed by atoms with van der Waals surface area (Å²) in [4.78, 5) is 13.4. The first-order chi connectivity index (χ1) is 20.6. The Hall–Kier alpha value is -3.35. The number of aromatic nitrogens is 4. The molecule has 13 heteroatoms. The van der Waals surface area contributed by atoms with Gasteiger partial charge in [-0.3, -0.25) is 4.90 Å². The van der Waals surface area contributed by atoms with E-state index in [9.17, 15) is 9.50 Å². The van der Waals surface area contributed by atoms with Crippen LogP contribution in [0.3, 0.4) is 0 Å². The molecule has 4 aromatic rings. The van der Waals surface area contributed by atoms with Gasteiger partial charge in [0.2, 0.25) is 0 Å². The number of fused-ring (bicyclic) bond motifs is 5. The Labute approximate surface area is 250 Å². The summed E-state index contributed by atoms with van der Waals surface area (Å²) in [6.07, 6.45) is 5.83. The zero-order chi connectivity index (χ0) is 29.7. The lowest BCUT2D eigenvalue weighted by Crippen LogP contribution is -2.58. The molecule has 2 bridgehead atoms. The van der Waals surface area contributed by atoms with Crippen LogP contribution >= 0.6 is 11.6 Å². The number of halogens is 4. The van der Waals surface area contributed by atoms with Crippen molar-refractivity contribution in [3.8, 4) is 22.9 Å². The van der Waals surface area contributed by atoms with Gasteiger partial charge >= 0.3 is 6.01 Å². The highest BCUT2D eigenvalue weighted by Crippen LogP contribution is 2.43. The Kier molecular flexibility index (Phi) is 6.06. The molecule has 4 aliphatic rings. The number of rotatable bonds is 5. The standard InChI is InChI=1S/C30H31ClF3N7O2/c1-29-5-3-17(38-29)12-39(14-29)27-20-8-22(33)23(19-7-18(42)13-41-26(19)21(31)10-35-41)24(34)25(20)36-28(37-27)43-15-30-4-2-6-40(30)11-16(32)9-30/h7-8,10,13,16-17,38,42H,2-6,9,11-12,14-15H2,1H3/t16-,17?,29+,30+/m1/s1. The molecule has 4 saturated heterocycles. The third kappa shape index (κ3) is 4.32. The molecule has 0 saturated carbocycles. The molecule has 226 valence electrons. The predicted octanol–water partition coefficient (Wildman–Crippen LogP) is 4.87. The number of alkyl halides is 1. The number of aromatic hydroxyl groups is 1. The SMILES string of the molecule is C[C@]12CCC(CN(c3nc(OC[C@@]45CCCN4C[C@H](F)C5)nc4c(F)c(-c5cc(O)cn6ncc(Cl)c56)c(F)cc34)C1)N2. The first kappa shape index (κ1) is 27.2. The summed E-state index contributed by atoms with van der Waals surface area (Å²) < 4.78 is 54.6. The molecule has 4 aliphatic heterocycles. The van der Waals surface area contributed by atoms with E-state index in [1.165, 1.54) is 29.0 Å². The van der Waals surface area contributed by atoms with Crippen LogP contribution in [-0.2, 0) is 0 Å². The van der Waals surface area contributed by atoms with Crippen molar-refractivity contribution in [1.29, 1.82) is 0 Å². The van der Waals surface area contributed by atoms with Crippen molar-refractivity contribution < 1.29 is 23.0 Å². The summed E-state index contributed by atoms with van der Waals surface area (Å²) in [5.74, 6) is -1.62. The third-order valence-corrected chi connectivity index (χ3v) is 10.0. The van der Waals surface area contributed by atoms with Crippen LogP contribution in [0.1, 0.15) is 39.0 Å². The molecule has 8 rings (SSSR count). The lowest BCUT2D eigenvalue weighted by molar-refractivity contribution is 0.107. The molecule has 3 aromatic heterocycles. The number of pyridine rings is 1. The normalized spacial score (nSPS) is 28.8. The minimum atomic E-state index is -0.928. The molecule has 1 aromatic carbocycles. The Morgan fingerprint density at radius 2 is 2.07 bits per heavy atom. The maximum atomic E-state index is 16.7. The predicted molar refractivity (Wildman–Crippen MR) is 156 cm³/mol. The summed E-state index contributed by atoms with van der Waals surface area (Å²) in [7, 11) is 0. The molecule has 7 heterocycles. The van der Waals surface area contributed by atoms with Gasteiger partial charge in [-0.15, -0.1) is 0 Å². The van der Waals surface area contributed by atoms with Crippen LogP contribution in [0.2, 0.25) is 5.02 Å². The van der Waals surface area contributed by atoms with Gasteiger partial charge in [0.1, 0.15) is 35.7 Å². The van der Waals surface area contributed by atoms with Crippen molar-refractivity contribution in [1.82, 2.24) is 29.8 Å². The van der Waals surface area contributed by atoms with E-state index >= 15 is 8.78 Å². The molecule has 4 fully saturated rings. The molecular weight excluding hydrogens is 583 g/mol. The molecule has 0 amide bonds. The van der Waals surface area contributed by atoms with Crippen LogP contribution in [0.4, 0.5) is 19.0 Å². The van der Waals surface area contributed by atoms with Gasteiger partial charge in [0.05, 0.1) is 34.0 Å². The highest BCUT2D eigenvalue weighted by Gasteiger charge is 2.49. The van der Waals surface area contributed by atoms with Crippen LogP contribution in [0.25, 0.3) is 27.5 Å². The second-order valence-corrected chi connectivity index (χ2v) is 13.3. The van der Waals surface area contributed by atoms with E-state index in [2.05, 4.69) is 32.1 Å². The second kappa shape index (κ2) is 9.57. The minimum Gasteiger partial charge on any atom is -0.506 e. The van der Waals surface area contributed by atoms with Crippen molar-refractivity contribution in [3.63, 3.8) is 0 Å². The van der Waals surface area contributed by atoms with Gasteiger partial charge in [-0.25, -0.2) is 17.7 Å². The fourth-order valence-electron chi connectivity index (χ4n) is 7.93. The fourth-order valence-corrected chi connectivity index (χ4v) is 8.16. The number of benzene rings is 1. The monoisotopic (exact) mass is 613 g/mol. The van der Waals surface area contributed by atoms with Crippen LogP contribution in [0.5, 0.6) is 11.8 Å². The first-order valence-electron chi connectivity index (χ1n) is 14.7. The zero-order valence-electron chi connectivity index (χ0n) is 23.6. The number of hydrogen-bond donors (Lipinski definition) is 2. The van der Waals surface area contributed by atoms with Gasteiger partial charge in [0.15, 0.2) is 5.82 Å². The number of piperazine rings is 1. The Morgan fingerprint density at radius 3 is 2.91 bits per heavy atom. The molecule has 0 spiro atoms. The van der Waals surface area contributed by atoms with E-state index < -0.39 is 28.9 Å². The maximum Gasteiger partial charge on any atom is 0.319 e. The lowest BCUT2D eigenvalue weighted by Gasteiger charge is -2.40. The summed E-state index contributed by atoms with van der Waals surface area (Å²) >= 11 is 6.36. The largest absolute Gasteiger partial charge is 0.506 e. The average molecular weight is 614 g/mol. The van der Waals surface area contributed by atoms with Crippen molar-refractivity contribution >= 4 is 33.8 Å². The highest BCUT2D eigenvalue weighted by molar-refractivity contribution is 6.34. The Bertz CT molecular complexity index is 1790. The van der Waals surface area contributed by atoms with E-state index in [0.29, 0.717) is 31.9 Å². The number of nitrogens with zero attached hydrogens (tertiary/aromatic N) is 6. The zero-order valence-corrected chi connectivity index (χ0v) is 24.3. The number of anilines is 1. The molecule has 4 atom stereocenters. The van der Waals surface area contributed by atoms with E-state index in [1.54, 1.807) is 0 Å². The maximum absolute atomic E-state index is 16.7. The molecule has 43 heavy (non-hydrogen) atoms. The summed E-state index contributed by atoms with van der Waals surface area (Å²) in [5.41, 5.74) is -0.826. The van der Waals surface area contributed by atoms with Gasteiger partial charge in [-0.2, -0.15) is 15.1 Å². The second-order valence-electron chi connectivity index (χ2n) is 12.9. The van der Waals surface area contributed by atoms with Gasteiger partial charge in [0.25, 0.3) is 0 Å². The average Bonchev–Trinajstić information content (AvgIpc) is 3.68. The lowest BCUT2D eigenvalue weighted by atomic mass is 9.95. The van der Waals surface area contributed by atoms with Crippen molar-refractivity contribution in [2.75, 3.05) is 37.7 Å². The molecule has 1 unspecified atom stereocenters. The Morgan fingerprint density at radius 1 is 1.21 bits per heavy atom. The van der Waals surface area contributed by atoms with Gasteiger partial charge in [-0.1, -0.05) is 11.6 Å². The fraction of sp³-hybridized carbons (Fsp3) is 0.500. The third-order valence-electron chi connectivity index (χ3n) is 9.77. The van der Waals surface area contributed by atoms with E-state index in [4.69, 9.17) is 21.3 Å². The van der Waals surface area contributed by atoms with Crippen molar-refractivity contribution in [2.45, 2.75) is 62.3 Å². The number of nitrogens with one attached hydrogen (secondary N) is 1. The van der Waals surface area contributed by atoms with Crippen LogP contribution in [0, 0.1) is 11.6 Å². The van der Waals surface area contributed by atoms with Crippen LogP contribution in [0.15, 0.2) is 24.5 Å². The van der Waals surface area contributed by atoms with Crippen LogP contribution < -0.4 is 15.0 Å².